The Hall–Kier alpha value is -3.54. The molecule has 0 spiro atoms. The number of hydrogen-bond acceptors (Lipinski definition) is 4. The van der Waals surface area contributed by atoms with Gasteiger partial charge in [-0.1, -0.05) is 49.4 Å². The van der Waals surface area contributed by atoms with Gasteiger partial charge in [0.15, 0.2) is 5.65 Å². The van der Waals surface area contributed by atoms with E-state index >= 15 is 0 Å². The fourth-order valence-electron chi connectivity index (χ4n) is 2.71. The van der Waals surface area contributed by atoms with Gasteiger partial charge in [0.25, 0.3) is 5.56 Å². The first-order valence-corrected chi connectivity index (χ1v) is 8.40. The summed E-state index contributed by atoms with van der Waals surface area (Å²) in [5, 5.41) is 8.96. The van der Waals surface area contributed by atoms with Crippen LogP contribution in [0, 0.1) is 0 Å². The molecule has 6 heteroatoms. The molecule has 0 unspecified atom stereocenters. The lowest BCUT2D eigenvalue weighted by Gasteiger charge is -2.02. The van der Waals surface area contributed by atoms with Crippen molar-refractivity contribution in [3.05, 3.63) is 88.6 Å². The summed E-state index contributed by atoms with van der Waals surface area (Å²) < 4.78 is 2.88. The second-order valence-electron chi connectivity index (χ2n) is 5.86. The van der Waals surface area contributed by atoms with Crippen LogP contribution in [-0.4, -0.2) is 25.7 Å². The van der Waals surface area contributed by atoms with Crippen LogP contribution in [0.2, 0.25) is 0 Å². The van der Waals surface area contributed by atoms with Crippen LogP contribution in [0.25, 0.3) is 16.7 Å². The Morgan fingerprint density at radius 1 is 1.08 bits per heavy atom. The van der Waals surface area contributed by atoms with Gasteiger partial charge in [-0.25, -0.2) is 9.67 Å². The van der Waals surface area contributed by atoms with Crippen LogP contribution in [0.4, 0.5) is 0 Å². The summed E-state index contributed by atoms with van der Waals surface area (Å²) in [6.45, 7) is 2.11. The lowest BCUT2D eigenvalue weighted by molar-refractivity contribution is 0.809. The van der Waals surface area contributed by atoms with Crippen molar-refractivity contribution in [3.8, 4) is 5.69 Å². The van der Waals surface area contributed by atoms with Gasteiger partial charge in [0, 0.05) is 0 Å². The van der Waals surface area contributed by atoms with Crippen LogP contribution in [0.1, 0.15) is 18.1 Å². The molecular weight excluding hydrogens is 326 g/mol. The van der Waals surface area contributed by atoms with Gasteiger partial charge in [0.1, 0.15) is 11.7 Å². The fraction of sp³-hybridized carbons (Fsp3) is 0.100. The summed E-state index contributed by atoms with van der Waals surface area (Å²) in [5.41, 5.74) is 3.30. The van der Waals surface area contributed by atoms with Crippen molar-refractivity contribution in [3.63, 3.8) is 0 Å². The van der Waals surface area contributed by atoms with Crippen molar-refractivity contribution in [2.45, 2.75) is 13.3 Å². The second kappa shape index (κ2) is 6.76. The van der Waals surface area contributed by atoms with Gasteiger partial charge in [-0.05, 0) is 29.7 Å². The maximum Gasteiger partial charge on any atom is 0.285 e. The van der Waals surface area contributed by atoms with Gasteiger partial charge >= 0.3 is 0 Å². The molecule has 2 aromatic carbocycles. The third kappa shape index (κ3) is 2.93. The van der Waals surface area contributed by atoms with Crippen molar-refractivity contribution in [2.24, 2.45) is 5.10 Å². The summed E-state index contributed by atoms with van der Waals surface area (Å²) in [5.74, 6) is 0. The fourth-order valence-corrected chi connectivity index (χ4v) is 2.71. The molecule has 0 saturated heterocycles. The van der Waals surface area contributed by atoms with Crippen molar-refractivity contribution in [2.75, 3.05) is 0 Å². The van der Waals surface area contributed by atoms with Gasteiger partial charge in [0.2, 0.25) is 0 Å². The molecule has 0 aliphatic carbocycles. The van der Waals surface area contributed by atoms with Gasteiger partial charge in [-0.2, -0.15) is 14.9 Å². The van der Waals surface area contributed by atoms with Crippen molar-refractivity contribution in [1.82, 2.24) is 19.4 Å². The first-order valence-electron chi connectivity index (χ1n) is 8.40. The largest absolute Gasteiger partial charge is 0.285 e. The lowest BCUT2D eigenvalue weighted by atomic mass is 10.1. The zero-order valence-corrected chi connectivity index (χ0v) is 14.3. The molecule has 2 aromatic heterocycles. The Labute approximate surface area is 150 Å². The molecule has 0 aliphatic rings. The summed E-state index contributed by atoms with van der Waals surface area (Å²) in [6.07, 6.45) is 5.58. The smallest absolute Gasteiger partial charge is 0.266 e. The number of hydrogen-bond donors (Lipinski definition) is 0. The molecule has 0 N–H and O–H groups in total. The molecule has 0 aliphatic heterocycles. The van der Waals surface area contributed by atoms with Crippen molar-refractivity contribution < 1.29 is 0 Å². The SMILES string of the molecule is CCc1ccc(/C=N\n2cnc3c(cnn3-c3ccccc3)c2=O)cc1. The molecular formula is C20H17N5O. The molecule has 4 aromatic rings. The number of nitrogens with zero attached hydrogens (tertiary/aromatic N) is 5. The third-order valence-electron chi connectivity index (χ3n) is 4.19. The van der Waals surface area contributed by atoms with Gasteiger partial charge in [-0.15, -0.1) is 0 Å². The number of aromatic nitrogens is 4. The molecule has 0 saturated carbocycles. The molecule has 0 amide bonds. The minimum Gasteiger partial charge on any atom is -0.266 e. The molecule has 6 nitrogen and oxygen atoms in total. The second-order valence-corrected chi connectivity index (χ2v) is 5.86. The molecule has 0 radical (unpaired) electrons. The highest BCUT2D eigenvalue weighted by Crippen LogP contribution is 2.12. The first-order chi connectivity index (χ1) is 12.8. The highest BCUT2D eigenvalue weighted by atomic mass is 16.1. The van der Waals surface area contributed by atoms with Crippen LogP contribution in [0.15, 0.2) is 77.0 Å². The van der Waals surface area contributed by atoms with E-state index in [-0.39, 0.29) is 5.56 Å². The topological polar surface area (TPSA) is 65.1 Å². The predicted molar refractivity (Wildman–Crippen MR) is 102 cm³/mol. The van der Waals surface area contributed by atoms with Crippen LogP contribution in [0.3, 0.4) is 0 Å². The standard InChI is InChI=1S/C20H17N5O/c1-2-15-8-10-16(11-9-15)12-22-24-14-21-19-18(20(24)26)13-23-25(19)17-6-4-3-5-7-17/h3-14H,2H2,1H3/b22-12-. The number of rotatable bonds is 4. The highest BCUT2D eigenvalue weighted by Gasteiger charge is 2.10. The van der Waals surface area contributed by atoms with E-state index < -0.39 is 0 Å². The summed E-state index contributed by atoms with van der Waals surface area (Å²) in [6, 6.07) is 17.6. The van der Waals surface area contributed by atoms with E-state index in [0.29, 0.717) is 11.0 Å². The van der Waals surface area contributed by atoms with Gasteiger partial charge in [0.05, 0.1) is 18.1 Å². The molecule has 0 bridgehead atoms. The Bertz CT molecular complexity index is 1120. The molecule has 2 heterocycles. The maximum atomic E-state index is 12.7. The van der Waals surface area contributed by atoms with Crippen LogP contribution in [-0.2, 0) is 6.42 Å². The van der Waals surface area contributed by atoms with E-state index in [1.807, 2.05) is 42.5 Å². The van der Waals surface area contributed by atoms with Crippen molar-refractivity contribution in [1.29, 1.82) is 0 Å². The summed E-state index contributed by atoms with van der Waals surface area (Å²) in [4.78, 5) is 17.0. The van der Waals surface area contributed by atoms with Gasteiger partial charge < -0.3 is 0 Å². The number of benzene rings is 2. The van der Waals surface area contributed by atoms with E-state index in [1.54, 1.807) is 10.9 Å². The number of aryl methyl sites for hydroxylation is 1. The molecule has 128 valence electrons. The minimum absolute atomic E-state index is 0.251. The summed E-state index contributed by atoms with van der Waals surface area (Å²) in [7, 11) is 0. The summed E-state index contributed by atoms with van der Waals surface area (Å²) >= 11 is 0. The van der Waals surface area contributed by atoms with E-state index in [9.17, 15) is 4.79 Å². The van der Waals surface area contributed by atoms with Crippen LogP contribution < -0.4 is 5.56 Å². The van der Waals surface area contributed by atoms with Crippen LogP contribution in [0.5, 0.6) is 0 Å². The zero-order chi connectivity index (χ0) is 17.9. The first kappa shape index (κ1) is 16.0. The Balaban J connectivity index is 1.70. The van der Waals surface area contributed by atoms with E-state index in [4.69, 9.17) is 0 Å². The van der Waals surface area contributed by atoms with E-state index in [2.05, 4.69) is 34.2 Å². The average molecular weight is 343 g/mol. The maximum absolute atomic E-state index is 12.7. The predicted octanol–water partition coefficient (Wildman–Crippen LogP) is 3.03. The third-order valence-corrected chi connectivity index (χ3v) is 4.19. The van der Waals surface area contributed by atoms with Crippen molar-refractivity contribution >= 4 is 17.2 Å². The Morgan fingerprint density at radius 2 is 1.85 bits per heavy atom. The quantitative estimate of drug-likeness (QED) is 0.535. The molecule has 26 heavy (non-hydrogen) atoms. The highest BCUT2D eigenvalue weighted by molar-refractivity contribution is 5.80. The minimum atomic E-state index is -0.251. The molecule has 4 rings (SSSR count). The normalized spacial score (nSPS) is 11.4. The van der Waals surface area contributed by atoms with Crippen LogP contribution >= 0.6 is 0 Å². The Kier molecular flexibility index (Phi) is 4.15. The molecule has 0 fully saturated rings. The van der Waals surface area contributed by atoms with E-state index in [1.165, 1.54) is 22.8 Å². The number of fused-ring (bicyclic) bond motifs is 1. The Morgan fingerprint density at radius 3 is 2.58 bits per heavy atom. The number of para-hydroxylation sites is 1. The van der Waals surface area contributed by atoms with Gasteiger partial charge in [-0.3, -0.25) is 4.79 Å². The molecule has 0 atom stereocenters. The van der Waals surface area contributed by atoms with E-state index in [0.717, 1.165) is 17.7 Å². The average Bonchev–Trinajstić information content (AvgIpc) is 3.13. The monoisotopic (exact) mass is 343 g/mol. The lowest BCUT2D eigenvalue weighted by Crippen LogP contribution is -2.17. The zero-order valence-electron chi connectivity index (χ0n) is 14.3.